The first-order valence-electron chi connectivity index (χ1n) is 10.4. The Balaban J connectivity index is 1.51. The Bertz CT molecular complexity index is 838. The van der Waals surface area contributed by atoms with E-state index in [9.17, 15) is 10.1 Å². The van der Waals surface area contributed by atoms with E-state index >= 15 is 0 Å². The molecule has 1 aromatic heterocycles. The topological polar surface area (TPSA) is 78.6 Å². The van der Waals surface area contributed by atoms with Crippen molar-refractivity contribution in [1.82, 2.24) is 14.9 Å². The Morgan fingerprint density at radius 3 is 2.45 bits per heavy atom. The summed E-state index contributed by atoms with van der Waals surface area (Å²) in [4.78, 5) is 26.9. The van der Waals surface area contributed by atoms with Crippen molar-refractivity contribution < 1.29 is 4.92 Å². The predicted molar refractivity (Wildman–Crippen MR) is 113 cm³/mol. The van der Waals surface area contributed by atoms with Gasteiger partial charge < -0.3 is 9.80 Å². The van der Waals surface area contributed by atoms with Crippen LogP contribution in [0.4, 0.5) is 17.3 Å². The fourth-order valence-corrected chi connectivity index (χ4v) is 4.34. The number of nitrogens with zero attached hydrogens (tertiary/aromatic N) is 6. The van der Waals surface area contributed by atoms with Gasteiger partial charge in [0.15, 0.2) is 0 Å². The maximum atomic E-state index is 12.0. The van der Waals surface area contributed by atoms with Crippen molar-refractivity contribution >= 4 is 17.3 Å². The standard InChI is InChI=1S/C21H28N6O2/c1-17-7-5-6-10-26(17)21-19(27(28)29)20(22-16-23-21)25-13-11-24(12-14-25)15-18-8-3-2-4-9-18/h2-4,8-9,16-17H,5-7,10-15H2,1H3. The van der Waals surface area contributed by atoms with E-state index in [0.29, 0.717) is 11.6 Å². The fraction of sp³-hybridized carbons (Fsp3) is 0.524. The van der Waals surface area contributed by atoms with Crippen molar-refractivity contribution in [2.75, 3.05) is 42.5 Å². The summed E-state index contributed by atoms with van der Waals surface area (Å²) in [5.74, 6) is 0.927. The molecule has 2 saturated heterocycles. The largest absolute Gasteiger partial charge is 0.353 e. The normalized spacial score (nSPS) is 20.7. The van der Waals surface area contributed by atoms with E-state index in [1.807, 2.05) is 11.0 Å². The van der Waals surface area contributed by atoms with Crippen LogP contribution < -0.4 is 9.80 Å². The molecule has 2 aliphatic rings. The van der Waals surface area contributed by atoms with E-state index in [1.165, 1.54) is 11.9 Å². The van der Waals surface area contributed by atoms with Crippen molar-refractivity contribution in [2.24, 2.45) is 0 Å². The second kappa shape index (κ2) is 8.73. The highest BCUT2D eigenvalue weighted by molar-refractivity contribution is 5.71. The van der Waals surface area contributed by atoms with Gasteiger partial charge in [-0.05, 0) is 31.7 Å². The van der Waals surface area contributed by atoms with E-state index in [-0.39, 0.29) is 16.7 Å². The molecule has 8 nitrogen and oxygen atoms in total. The number of piperidine rings is 1. The van der Waals surface area contributed by atoms with Gasteiger partial charge in [-0.25, -0.2) is 9.97 Å². The van der Waals surface area contributed by atoms with Gasteiger partial charge in [0.05, 0.1) is 4.92 Å². The maximum absolute atomic E-state index is 12.0. The monoisotopic (exact) mass is 396 g/mol. The molecule has 2 aliphatic heterocycles. The van der Waals surface area contributed by atoms with Crippen LogP contribution in [0.3, 0.4) is 0 Å². The third-order valence-electron chi connectivity index (χ3n) is 5.96. The Labute approximate surface area is 171 Å². The van der Waals surface area contributed by atoms with E-state index in [4.69, 9.17) is 0 Å². The summed E-state index contributed by atoms with van der Waals surface area (Å²) in [5.41, 5.74) is 1.34. The van der Waals surface area contributed by atoms with Crippen LogP contribution in [0.2, 0.25) is 0 Å². The van der Waals surface area contributed by atoms with Crippen LogP contribution in [0.25, 0.3) is 0 Å². The molecule has 3 heterocycles. The summed E-state index contributed by atoms with van der Waals surface area (Å²) in [7, 11) is 0. The van der Waals surface area contributed by atoms with Gasteiger partial charge in [-0.3, -0.25) is 15.0 Å². The number of anilines is 2. The minimum absolute atomic E-state index is 0.0535. The first-order chi connectivity index (χ1) is 14.1. The first kappa shape index (κ1) is 19.6. The molecule has 1 aromatic carbocycles. The quantitative estimate of drug-likeness (QED) is 0.568. The summed E-state index contributed by atoms with van der Waals surface area (Å²) in [6, 6.07) is 10.7. The van der Waals surface area contributed by atoms with Crippen LogP contribution >= 0.6 is 0 Å². The molecule has 4 rings (SSSR count). The lowest BCUT2D eigenvalue weighted by atomic mass is 10.0. The van der Waals surface area contributed by atoms with Gasteiger partial charge in [0, 0.05) is 45.3 Å². The van der Waals surface area contributed by atoms with Crippen LogP contribution in [0.15, 0.2) is 36.7 Å². The first-order valence-corrected chi connectivity index (χ1v) is 10.4. The number of nitro groups is 1. The molecule has 2 fully saturated rings. The van der Waals surface area contributed by atoms with Gasteiger partial charge in [-0.1, -0.05) is 30.3 Å². The lowest BCUT2D eigenvalue weighted by molar-refractivity contribution is -0.383. The smallest absolute Gasteiger partial charge is 0.348 e. The highest BCUT2D eigenvalue weighted by Gasteiger charge is 2.33. The summed E-state index contributed by atoms with van der Waals surface area (Å²) in [6.07, 6.45) is 4.72. The highest BCUT2D eigenvalue weighted by atomic mass is 16.6. The molecule has 29 heavy (non-hydrogen) atoms. The van der Waals surface area contributed by atoms with Gasteiger partial charge in [0.25, 0.3) is 0 Å². The number of hydrogen-bond donors (Lipinski definition) is 0. The average molecular weight is 396 g/mol. The molecule has 1 atom stereocenters. The zero-order valence-electron chi connectivity index (χ0n) is 16.9. The number of hydrogen-bond acceptors (Lipinski definition) is 7. The molecule has 0 saturated carbocycles. The summed E-state index contributed by atoms with van der Waals surface area (Å²) in [5, 5.41) is 12.0. The van der Waals surface area contributed by atoms with Crippen LogP contribution in [-0.2, 0) is 6.54 Å². The Morgan fingerprint density at radius 2 is 1.76 bits per heavy atom. The van der Waals surface area contributed by atoms with Gasteiger partial charge in [-0.2, -0.15) is 0 Å². The van der Waals surface area contributed by atoms with Crippen molar-refractivity contribution in [2.45, 2.75) is 38.8 Å². The Kier molecular flexibility index (Phi) is 5.89. The minimum atomic E-state index is -0.303. The van der Waals surface area contributed by atoms with Gasteiger partial charge >= 0.3 is 5.69 Å². The summed E-state index contributed by atoms with van der Waals surface area (Å²) >= 11 is 0. The lowest BCUT2D eigenvalue weighted by Crippen LogP contribution is -2.46. The van der Waals surface area contributed by atoms with Crippen LogP contribution in [0, 0.1) is 10.1 Å². The van der Waals surface area contributed by atoms with Crippen molar-refractivity contribution in [1.29, 1.82) is 0 Å². The maximum Gasteiger partial charge on any atom is 0.353 e. The van der Waals surface area contributed by atoms with Crippen molar-refractivity contribution in [3.63, 3.8) is 0 Å². The molecule has 1 unspecified atom stereocenters. The molecule has 0 N–H and O–H groups in total. The van der Waals surface area contributed by atoms with Crippen molar-refractivity contribution in [3.05, 3.63) is 52.3 Å². The molecular weight excluding hydrogens is 368 g/mol. The minimum Gasteiger partial charge on any atom is -0.348 e. The summed E-state index contributed by atoms with van der Waals surface area (Å²) < 4.78 is 0. The third kappa shape index (κ3) is 4.32. The average Bonchev–Trinajstić information content (AvgIpc) is 2.75. The van der Waals surface area contributed by atoms with Crippen LogP contribution in [-0.4, -0.2) is 58.6 Å². The SMILES string of the molecule is CC1CCCCN1c1ncnc(N2CCN(Cc3ccccc3)CC2)c1[N+](=O)[O-]. The third-order valence-corrected chi connectivity index (χ3v) is 5.96. The van der Waals surface area contributed by atoms with Gasteiger partial charge in [0.1, 0.15) is 6.33 Å². The van der Waals surface area contributed by atoms with Crippen LogP contribution in [0.1, 0.15) is 31.7 Å². The zero-order valence-corrected chi connectivity index (χ0v) is 16.9. The Morgan fingerprint density at radius 1 is 1.03 bits per heavy atom. The molecule has 8 heteroatoms. The molecule has 0 amide bonds. The molecule has 154 valence electrons. The lowest BCUT2D eigenvalue weighted by Gasteiger charge is -2.36. The van der Waals surface area contributed by atoms with Gasteiger partial charge in [-0.15, -0.1) is 0 Å². The molecule has 0 spiro atoms. The number of aromatic nitrogens is 2. The number of piperazine rings is 1. The molecule has 2 aromatic rings. The summed E-state index contributed by atoms with van der Waals surface area (Å²) in [6.45, 7) is 6.98. The molecule has 0 bridgehead atoms. The number of rotatable bonds is 5. The van der Waals surface area contributed by atoms with E-state index in [1.54, 1.807) is 0 Å². The Hall–Kier alpha value is -2.74. The highest BCUT2D eigenvalue weighted by Crippen LogP contribution is 2.37. The van der Waals surface area contributed by atoms with E-state index < -0.39 is 0 Å². The molecular formula is C21H28N6O2. The second-order valence-corrected chi connectivity index (χ2v) is 7.91. The zero-order chi connectivity index (χ0) is 20.2. The molecule has 0 aliphatic carbocycles. The van der Waals surface area contributed by atoms with Crippen molar-refractivity contribution in [3.8, 4) is 0 Å². The number of benzene rings is 1. The predicted octanol–water partition coefficient (Wildman–Crippen LogP) is 3.09. The van der Waals surface area contributed by atoms with E-state index in [2.05, 4.69) is 51.0 Å². The molecule has 0 radical (unpaired) electrons. The van der Waals surface area contributed by atoms with E-state index in [0.717, 1.165) is 58.5 Å². The fourth-order valence-electron chi connectivity index (χ4n) is 4.34. The van der Waals surface area contributed by atoms with Gasteiger partial charge in [0.2, 0.25) is 11.6 Å². The second-order valence-electron chi connectivity index (χ2n) is 7.91. The van der Waals surface area contributed by atoms with Crippen LogP contribution in [0.5, 0.6) is 0 Å².